The lowest BCUT2D eigenvalue weighted by Crippen LogP contribution is -2.41. The van der Waals surface area contributed by atoms with E-state index in [1.807, 2.05) is 11.3 Å². The molecule has 1 N–H and O–H groups in total. The third-order valence-corrected chi connectivity index (χ3v) is 5.01. The zero-order chi connectivity index (χ0) is 12.3. The number of piperidine rings is 1. The first-order valence-electron chi connectivity index (χ1n) is 6.65. The van der Waals surface area contributed by atoms with E-state index in [1.54, 1.807) is 0 Å². The smallest absolute Gasteiger partial charge is 0.0388 e. The normalized spacial score (nSPS) is 22.5. The summed E-state index contributed by atoms with van der Waals surface area (Å²) in [4.78, 5) is 3.89. The quantitative estimate of drug-likeness (QED) is 0.885. The van der Waals surface area contributed by atoms with Crippen LogP contribution in [0.1, 0.15) is 37.6 Å². The standard InChI is InChI=1S/C14H24N2S/c1-11(13-6-8-16(3)9-7-13)15-12(2)14-5-4-10-17-14/h4-5,10-13,15H,6-9H2,1-3H3. The molecule has 2 nitrogen and oxygen atoms in total. The summed E-state index contributed by atoms with van der Waals surface area (Å²) >= 11 is 1.85. The topological polar surface area (TPSA) is 15.3 Å². The van der Waals surface area contributed by atoms with Crippen molar-refractivity contribution in [2.24, 2.45) is 5.92 Å². The predicted octanol–water partition coefficient (Wildman–Crippen LogP) is 3.13. The number of nitrogens with zero attached hydrogens (tertiary/aromatic N) is 1. The summed E-state index contributed by atoms with van der Waals surface area (Å²) in [5, 5.41) is 5.92. The molecule has 1 fully saturated rings. The second-order valence-electron chi connectivity index (χ2n) is 5.33. The van der Waals surface area contributed by atoms with Crippen LogP contribution in [0.3, 0.4) is 0 Å². The van der Waals surface area contributed by atoms with Crippen molar-refractivity contribution in [1.29, 1.82) is 0 Å². The highest BCUT2D eigenvalue weighted by molar-refractivity contribution is 7.10. The average Bonchev–Trinajstić information content (AvgIpc) is 2.83. The molecule has 0 saturated carbocycles. The van der Waals surface area contributed by atoms with E-state index in [0.29, 0.717) is 12.1 Å². The minimum absolute atomic E-state index is 0.490. The first-order valence-corrected chi connectivity index (χ1v) is 7.53. The van der Waals surface area contributed by atoms with Crippen molar-refractivity contribution in [1.82, 2.24) is 10.2 Å². The van der Waals surface area contributed by atoms with Gasteiger partial charge in [-0.3, -0.25) is 0 Å². The highest BCUT2D eigenvalue weighted by Gasteiger charge is 2.23. The molecule has 2 unspecified atom stereocenters. The van der Waals surface area contributed by atoms with Crippen molar-refractivity contribution in [2.75, 3.05) is 20.1 Å². The molecule has 2 heterocycles. The summed E-state index contributed by atoms with van der Waals surface area (Å²) < 4.78 is 0. The number of hydrogen-bond acceptors (Lipinski definition) is 3. The first kappa shape index (κ1) is 13.1. The van der Waals surface area contributed by atoms with Crippen LogP contribution < -0.4 is 5.32 Å². The lowest BCUT2D eigenvalue weighted by molar-refractivity contribution is 0.185. The van der Waals surface area contributed by atoms with Crippen molar-refractivity contribution in [3.63, 3.8) is 0 Å². The van der Waals surface area contributed by atoms with Gasteiger partial charge in [-0.2, -0.15) is 0 Å². The Morgan fingerprint density at radius 2 is 2.06 bits per heavy atom. The molecule has 2 rings (SSSR count). The van der Waals surface area contributed by atoms with Gasteiger partial charge < -0.3 is 10.2 Å². The number of nitrogens with one attached hydrogen (secondary N) is 1. The van der Waals surface area contributed by atoms with Crippen molar-refractivity contribution < 1.29 is 0 Å². The molecule has 0 spiro atoms. The second-order valence-corrected chi connectivity index (χ2v) is 6.31. The summed E-state index contributed by atoms with van der Waals surface area (Å²) in [6.45, 7) is 7.13. The summed E-state index contributed by atoms with van der Waals surface area (Å²) in [6.07, 6.45) is 2.67. The van der Waals surface area contributed by atoms with Gasteiger partial charge in [-0.15, -0.1) is 11.3 Å². The maximum Gasteiger partial charge on any atom is 0.0388 e. The number of likely N-dealkylation sites (tertiary alicyclic amines) is 1. The van der Waals surface area contributed by atoms with Crippen LogP contribution >= 0.6 is 11.3 Å². The molecule has 3 heteroatoms. The van der Waals surface area contributed by atoms with Crippen LogP contribution in [-0.2, 0) is 0 Å². The van der Waals surface area contributed by atoms with Gasteiger partial charge in [0, 0.05) is 17.0 Å². The first-order chi connectivity index (χ1) is 8.16. The van der Waals surface area contributed by atoms with Crippen molar-refractivity contribution in [3.05, 3.63) is 22.4 Å². The fraction of sp³-hybridized carbons (Fsp3) is 0.714. The van der Waals surface area contributed by atoms with E-state index >= 15 is 0 Å². The molecule has 0 aliphatic carbocycles. The van der Waals surface area contributed by atoms with Gasteiger partial charge in [0.1, 0.15) is 0 Å². The SMILES string of the molecule is CC(NC(C)C1CCN(C)CC1)c1cccs1. The predicted molar refractivity (Wildman–Crippen MR) is 75.6 cm³/mol. The molecule has 1 saturated heterocycles. The molecule has 1 aromatic heterocycles. The van der Waals surface area contributed by atoms with Crippen molar-refractivity contribution in [3.8, 4) is 0 Å². The van der Waals surface area contributed by atoms with E-state index in [2.05, 4.69) is 48.6 Å². The number of hydrogen-bond donors (Lipinski definition) is 1. The molecule has 0 aromatic carbocycles. The van der Waals surface area contributed by atoms with Gasteiger partial charge in [0.25, 0.3) is 0 Å². The number of rotatable bonds is 4. The average molecular weight is 252 g/mol. The Labute approximate surface area is 109 Å². The zero-order valence-corrected chi connectivity index (χ0v) is 12.0. The highest BCUT2D eigenvalue weighted by Crippen LogP contribution is 2.24. The van der Waals surface area contributed by atoms with E-state index in [4.69, 9.17) is 0 Å². The molecule has 96 valence electrons. The van der Waals surface area contributed by atoms with Crippen LogP contribution in [0.4, 0.5) is 0 Å². The van der Waals surface area contributed by atoms with Crippen LogP contribution in [0.15, 0.2) is 17.5 Å². The lowest BCUT2D eigenvalue weighted by Gasteiger charge is -2.34. The molecule has 17 heavy (non-hydrogen) atoms. The largest absolute Gasteiger partial charge is 0.307 e. The Balaban J connectivity index is 1.82. The van der Waals surface area contributed by atoms with E-state index in [9.17, 15) is 0 Å². The second kappa shape index (κ2) is 5.98. The molecular weight excluding hydrogens is 228 g/mol. The van der Waals surface area contributed by atoms with Crippen molar-refractivity contribution in [2.45, 2.75) is 38.8 Å². The fourth-order valence-electron chi connectivity index (χ4n) is 2.68. The van der Waals surface area contributed by atoms with Gasteiger partial charge in [0.2, 0.25) is 0 Å². The van der Waals surface area contributed by atoms with Gasteiger partial charge in [-0.25, -0.2) is 0 Å². The van der Waals surface area contributed by atoms with E-state index in [0.717, 1.165) is 5.92 Å². The third-order valence-electron chi connectivity index (χ3n) is 3.95. The summed E-state index contributed by atoms with van der Waals surface area (Å²) in [7, 11) is 2.22. The van der Waals surface area contributed by atoms with Crippen molar-refractivity contribution >= 4 is 11.3 Å². The van der Waals surface area contributed by atoms with Gasteiger partial charge in [0.15, 0.2) is 0 Å². The van der Waals surface area contributed by atoms with Crippen LogP contribution in [0.2, 0.25) is 0 Å². The molecule has 1 aliphatic rings. The molecule has 0 bridgehead atoms. The fourth-order valence-corrected chi connectivity index (χ4v) is 3.42. The van der Waals surface area contributed by atoms with Crippen LogP contribution in [0.5, 0.6) is 0 Å². The van der Waals surface area contributed by atoms with Gasteiger partial charge in [-0.1, -0.05) is 6.07 Å². The Morgan fingerprint density at radius 1 is 1.35 bits per heavy atom. The van der Waals surface area contributed by atoms with Gasteiger partial charge >= 0.3 is 0 Å². The third kappa shape index (κ3) is 3.54. The summed E-state index contributed by atoms with van der Waals surface area (Å²) in [5.74, 6) is 0.841. The lowest BCUT2D eigenvalue weighted by atomic mass is 9.90. The van der Waals surface area contributed by atoms with Gasteiger partial charge in [0.05, 0.1) is 0 Å². The zero-order valence-electron chi connectivity index (χ0n) is 11.1. The van der Waals surface area contributed by atoms with Gasteiger partial charge in [-0.05, 0) is 64.2 Å². The summed E-state index contributed by atoms with van der Waals surface area (Å²) in [5.41, 5.74) is 0. The summed E-state index contributed by atoms with van der Waals surface area (Å²) in [6, 6.07) is 5.48. The Bertz CT molecular complexity index is 315. The molecular formula is C14H24N2S. The minimum Gasteiger partial charge on any atom is -0.307 e. The molecule has 1 aliphatic heterocycles. The molecule has 1 aromatic rings. The Hall–Kier alpha value is -0.380. The van der Waals surface area contributed by atoms with Crippen LogP contribution in [0, 0.1) is 5.92 Å². The molecule has 0 radical (unpaired) electrons. The van der Waals surface area contributed by atoms with Crippen LogP contribution in [0.25, 0.3) is 0 Å². The Kier molecular flexibility index (Phi) is 4.60. The molecule has 0 amide bonds. The maximum absolute atomic E-state index is 3.76. The Morgan fingerprint density at radius 3 is 2.65 bits per heavy atom. The van der Waals surface area contributed by atoms with E-state index in [1.165, 1.54) is 30.8 Å². The van der Waals surface area contributed by atoms with E-state index in [-0.39, 0.29) is 0 Å². The van der Waals surface area contributed by atoms with E-state index < -0.39 is 0 Å². The maximum atomic E-state index is 3.76. The minimum atomic E-state index is 0.490. The highest BCUT2D eigenvalue weighted by atomic mass is 32.1. The van der Waals surface area contributed by atoms with Crippen LogP contribution in [-0.4, -0.2) is 31.1 Å². The number of thiophene rings is 1. The monoisotopic (exact) mass is 252 g/mol. The molecule has 2 atom stereocenters.